The van der Waals surface area contributed by atoms with Crippen molar-refractivity contribution in [1.29, 1.82) is 0 Å². The third kappa shape index (κ3) is 2.12. The fraction of sp³-hybridized carbons (Fsp3) is 0.538. The fourth-order valence-corrected chi connectivity index (χ4v) is 2.46. The first-order valence-corrected chi connectivity index (χ1v) is 5.96. The van der Waals surface area contributed by atoms with E-state index in [4.69, 9.17) is 4.74 Å². The molecule has 0 saturated carbocycles. The fourth-order valence-electron chi connectivity index (χ4n) is 2.46. The second-order valence-corrected chi connectivity index (χ2v) is 4.43. The molecule has 92 valence electrons. The maximum Gasteiger partial charge on any atom is 0.343 e. The highest BCUT2D eigenvalue weighted by atomic mass is 16.5. The number of rotatable bonds is 1. The first-order valence-electron chi connectivity index (χ1n) is 5.96. The molecular formula is C13H17NO3. The van der Waals surface area contributed by atoms with Gasteiger partial charge in [0.1, 0.15) is 5.56 Å². The number of fused-ring (bicyclic) bond motifs is 1. The number of methoxy groups -OCH3 is 1. The van der Waals surface area contributed by atoms with Crippen molar-refractivity contribution in [2.45, 2.75) is 39.2 Å². The molecule has 1 aliphatic rings. The monoisotopic (exact) mass is 235 g/mol. The molecule has 4 nitrogen and oxygen atoms in total. The Labute approximate surface area is 100 Å². The van der Waals surface area contributed by atoms with Crippen LogP contribution >= 0.6 is 0 Å². The van der Waals surface area contributed by atoms with Crippen molar-refractivity contribution in [3.8, 4) is 0 Å². The van der Waals surface area contributed by atoms with Gasteiger partial charge in [0, 0.05) is 24.0 Å². The lowest BCUT2D eigenvalue weighted by atomic mass is 10.1. The summed E-state index contributed by atoms with van der Waals surface area (Å²) < 4.78 is 6.80. The molecule has 0 saturated heterocycles. The zero-order chi connectivity index (χ0) is 12.4. The largest absolute Gasteiger partial charge is 0.465 e. The minimum absolute atomic E-state index is 0.220. The molecule has 0 N–H and O–H groups in total. The topological polar surface area (TPSA) is 48.3 Å². The lowest BCUT2D eigenvalue weighted by molar-refractivity contribution is 0.0596. The number of carbonyl (C=O) groups excluding carboxylic acids is 1. The highest BCUT2D eigenvalue weighted by Crippen LogP contribution is 2.18. The van der Waals surface area contributed by atoms with Crippen molar-refractivity contribution in [2.24, 2.45) is 0 Å². The number of hydrogen-bond donors (Lipinski definition) is 0. The molecule has 0 radical (unpaired) electrons. The molecule has 0 atom stereocenters. The summed E-state index contributed by atoms with van der Waals surface area (Å²) in [6.07, 6.45) is 4.03. The van der Waals surface area contributed by atoms with Crippen LogP contribution in [0.5, 0.6) is 0 Å². The Morgan fingerprint density at radius 2 is 2.12 bits per heavy atom. The average molecular weight is 235 g/mol. The number of carbonyl (C=O) groups is 1. The molecule has 2 heterocycles. The highest BCUT2D eigenvalue weighted by molar-refractivity contribution is 5.90. The maximum absolute atomic E-state index is 11.9. The molecule has 1 aromatic heterocycles. The summed E-state index contributed by atoms with van der Waals surface area (Å²) in [7, 11) is 1.31. The number of aromatic nitrogens is 1. The maximum atomic E-state index is 11.9. The van der Waals surface area contributed by atoms with Crippen LogP contribution < -0.4 is 5.43 Å². The molecule has 0 aromatic carbocycles. The van der Waals surface area contributed by atoms with Gasteiger partial charge in [-0.2, -0.15) is 0 Å². The van der Waals surface area contributed by atoms with Crippen LogP contribution in [0.2, 0.25) is 0 Å². The van der Waals surface area contributed by atoms with Crippen LogP contribution in [0.3, 0.4) is 0 Å². The first kappa shape index (κ1) is 11.9. The van der Waals surface area contributed by atoms with Crippen LogP contribution in [0.1, 0.15) is 41.0 Å². The molecule has 2 rings (SSSR count). The SMILES string of the molecule is COC(=O)c1c2n(c(C)cc1=O)CCCCC2. The van der Waals surface area contributed by atoms with Gasteiger partial charge < -0.3 is 9.30 Å². The predicted molar refractivity (Wildman–Crippen MR) is 64.3 cm³/mol. The standard InChI is InChI=1S/C13H17NO3/c1-9-8-11(15)12(13(16)17-2)10-6-4-3-5-7-14(9)10/h8H,3-7H2,1-2H3. The molecule has 1 aliphatic heterocycles. The van der Waals surface area contributed by atoms with Gasteiger partial charge in [-0.3, -0.25) is 4.79 Å². The van der Waals surface area contributed by atoms with Crippen LogP contribution in [0, 0.1) is 6.92 Å². The van der Waals surface area contributed by atoms with E-state index >= 15 is 0 Å². The molecule has 0 spiro atoms. The van der Waals surface area contributed by atoms with E-state index in [2.05, 4.69) is 4.57 Å². The lowest BCUT2D eigenvalue weighted by Crippen LogP contribution is -2.25. The van der Waals surface area contributed by atoms with Crippen LogP contribution in [-0.2, 0) is 17.7 Å². The second kappa shape index (κ2) is 4.73. The molecule has 0 unspecified atom stereocenters. The molecule has 0 bridgehead atoms. The zero-order valence-corrected chi connectivity index (χ0v) is 10.3. The molecular weight excluding hydrogens is 218 g/mol. The summed E-state index contributed by atoms with van der Waals surface area (Å²) in [5, 5.41) is 0. The number of hydrogen-bond acceptors (Lipinski definition) is 3. The van der Waals surface area contributed by atoms with E-state index in [9.17, 15) is 9.59 Å². The van der Waals surface area contributed by atoms with E-state index in [1.807, 2.05) is 6.92 Å². The van der Waals surface area contributed by atoms with Gasteiger partial charge in [0.15, 0.2) is 5.43 Å². The number of esters is 1. The normalized spacial score (nSPS) is 14.9. The summed E-state index contributed by atoms with van der Waals surface area (Å²) >= 11 is 0. The molecule has 17 heavy (non-hydrogen) atoms. The van der Waals surface area contributed by atoms with Gasteiger partial charge in [0.2, 0.25) is 0 Å². The Balaban J connectivity index is 2.66. The molecule has 0 aliphatic carbocycles. The number of ether oxygens (including phenoxy) is 1. The summed E-state index contributed by atoms with van der Waals surface area (Å²) in [6, 6.07) is 1.53. The van der Waals surface area contributed by atoms with Gasteiger partial charge in [0.05, 0.1) is 7.11 Å². The minimum Gasteiger partial charge on any atom is -0.465 e. The van der Waals surface area contributed by atoms with Crippen LogP contribution in [0.15, 0.2) is 10.9 Å². The third-order valence-corrected chi connectivity index (χ3v) is 3.31. The molecule has 0 fully saturated rings. The van der Waals surface area contributed by atoms with E-state index < -0.39 is 5.97 Å². The van der Waals surface area contributed by atoms with Crippen LogP contribution in [-0.4, -0.2) is 17.6 Å². The van der Waals surface area contributed by atoms with Crippen molar-refractivity contribution >= 4 is 5.97 Å². The van der Waals surface area contributed by atoms with Crippen LogP contribution in [0.4, 0.5) is 0 Å². The van der Waals surface area contributed by atoms with E-state index in [0.717, 1.165) is 43.6 Å². The zero-order valence-electron chi connectivity index (χ0n) is 10.3. The molecule has 0 amide bonds. The number of aryl methyl sites for hydroxylation is 1. The van der Waals surface area contributed by atoms with E-state index in [0.29, 0.717) is 0 Å². The molecule has 1 aromatic rings. The Morgan fingerprint density at radius 1 is 1.35 bits per heavy atom. The quantitative estimate of drug-likeness (QED) is 0.696. The first-order chi connectivity index (χ1) is 8.15. The third-order valence-electron chi connectivity index (χ3n) is 3.31. The Kier molecular flexibility index (Phi) is 3.31. The van der Waals surface area contributed by atoms with Gasteiger partial charge in [-0.05, 0) is 26.2 Å². The summed E-state index contributed by atoms with van der Waals surface area (Å²) in [4.78, 5) is 23.6. The van der Waals surface area contributed by atoms with Crippen molar-refractivity contribution in [2.75, 3.05) is 7.11 Å². The van der Waals surface area contributed by atoms with Gasteiger partial charge in [-0.15, -0.1) is 0 Å². The van der Waals surface area contributed by atoms with Gasteiger partial charge in [-0.25, -0.2) is 4.79 Å². The van der Waals surface area contributed by atoms with Crippen molar-refractivity contribution in [3.63, 3.8) is 0 Å². The number of nitrogens with zero attached hydrogens (tertiary/aromatic N) is 1. The van der Waals surface area contributed by atoms with Gasteiger partial charge >= 0.3 is 5.97 Å². The van der Waals surface area contributed by atoms with E-state index in [1.165, 1.54) is 13.2 Å². The molecule has 4 heteroatoms. The predicted octanol–water partition coefficient (Wildman–Crippen LogP) is 1.67. The summed E-state index contributed by atoms with van der Waals surface area (Å²) in [5.41, 5.74) is 1.78. The van der Waals surface area contributed by atoms with Crippen molar-refractivity contribution in [1.82, 2.24) is 4.57 Å². The second-order valence-electron chi connectivity index (χ2n) is 4.43. The minimum atomic E-state index is -0.513. The van der Waals surface area contributed by atoms with E-state index in [-0.39, 0.29) is 11.0 Å². The smallest absolute Gasteiger partial charge is 0.343 e. The Hall–Kier alpha value is -1.58. The average Bonchev–Trinajstić information content (AvgIpc) is 2.54. The van der Waals surface area contributed by atoms with Crippen molar-refractivity contribution < 1.29 is 9.53 Å². The summed E-state index contributed by atoms with van der Waals surface area (Å²) in [5.74, 6) is -0.513. The van der Waals surface area contributed by atoms with Gasteiger partial charge in [-0.1, -0.05) is 6.42 Å². The Bertz CT molecular complexity index is 502. The lowest BCUT2D eigenvalue weighted by Gasteiger charge is -2.16. The highest BCUT2D eigenvalue weighted by Gasteiger charge is 2.21. The van der Waals surface area contributed by atoms with Crippen LogP contribution in [0.25, 0.3) is 0 Å². The van der Waals surface area contributed by atoms with Crippen molar-refractivity contribution in [3.05, 3.63) is 33.2 Å². The van der Waals surface area contributed by atoms with E-state index in [1.54, 1.807) is 0 Å². The van der Waals surface area contributed by atoms with Gasteiger partial charge in [0.25, 0.3) is 0 Å². The number of pyridine rings is 1. The summed E-state index contributed by atoms with van der Waals surface area (Å²) in [6.45, 7) is 2.79. The Morgan fingerprint density at radius 3 is 2.82 bits per heavy atom.